The summed E-state index contributed by atoms with van der Waals surface area (Å²) in [5.41, 5.74) is 0.583. The standard InChI is InChI=1S/C10H17N3OS/c1-12-9(8-7(11)2-5-15-8)13-10(6-14)3-4-10/h11-14H,2-6H2,1H3/b9-8-,11-7?. The Kier molecular flexibility index (Phi) is 2.93. The van der Waals surface area contributed by atoms with Crippen LogP contribution in [-0.4, -0.2) is 35.8 Å². The average molecular weight is 227 g/mol. The number of hydrogen-bond acceptors (Lipinski definition) is 5. The van der Waals surface area contributed by atoms with Gasteiger partial charge in [-0.15, -0.1) is 11.8 Å². The molecule has 1 saturated carbocycles. The molecule has 4 N–H and O–H groups in total. The molecular formula is C10H17N3OS. The van der Waals surface area contributed by atoms with Crippen LogP contribution in [-0.2, 0) is 0 Å². The van der Waals surface area contributed by atoms with E-state index in [0.717, 1.165) is 35.7 Å². The van der Waals surface area contributed by atoms with Crippen molar-refractivity contribution in [1.29, 1.82) is 5.41 Å². The van der Waals surface area contributed by atoms with Gasteiger partial charge in [-0.25, -0.2) is 0 Å². The number of aliphatic hydroxyl groups excluding tert-OH is 1. The first-order valence-corrected chi connectivity index (χ1v) is 6.21. The van der Waals surface area contributed by atoms with E-state index in [1.165, 1.54) is 0 Å². The number of hydrogen-bond donors (Lipinski definition) is 4. The maximum absolute atomic E-state index is 9.24. The van der Waals surface area contributed by atoms with Crippen molar-refractivity contribution in [2.45, 2.75) is 24.8 Å². The minimum atomic E-state index is -0.116. The van der Waals surface area contributed by atoms with Crippen LogP contribution >= 0.6 is 11.8 Å². The Labute approximate surface area is 94.0 Å². The Morgan fingerprint density at radius 3 is 2.73 bits per heavy atom. The molecule has 5 heteroatoms. The van der Waals surface area contributed by atoms with Crippen molar-refractivity contribution in [1.82, 2.24) is 10.6 Å². The van der Waals surface area contributed by atoms with Gasteiger partial charge in [-0.3, -0.25) is 0 Å². The fourth-order valence-electron chi connectivity index (χ4n) is 1.65. The molecule has 2 fully saturated rings. The first-order valence-electron chi connectivity index (χ1n) is 5.22. The fraction of sp³-hybridized carbons (Fsp3) is 0.700. The maximum atomic E-state index is 9.24. The first kappa shape index (κ1) is 10.8. The smallest absolute Gasteiger partial charge is 0.115 e. The van der Waals surface area contributed by atoms with Gasteiger partial charge in [0.05, 0.1) is 17.1 Å². The maximum Gasteiger partial charge on any atom is 0.115 e. The average Bonchev–Trinajstić information content (AvgIpc) is 2.91. The fourth-order valence-corrected chi connectivity index (χ4v) is 2.73. The van der Waals surface area contributed by atoms with Gasteiger partial charge in [0.25, 0.3) is 0 Å². The summed E-state index contributed by atoms with van der Waals surface area (Å²) in [6.45, 7) is 0.170. The molecule has 1 saturated heterocycles. The zero-order chi connectivity index (χ0) is 10.9. The van der Waals surface area contributed by atoms with Gasteiger partial charge in [0.2, 0.25) is 0 Å². The summed E-state index contributed by atoms with van der Waals surface area (Å²) in [5.74, 6) is 1.90. The lowest BCUT2D eigenvalue weighted by atomic mass is 10.2. The summed E-state index contributed by atoms with van der Waals surface area (Å²) in [4.78, 5) is 1.01. The molecule has 2 rings (SSSR count). The topological polar surface area (TPSA) is 68.1 Å². The molecule has 0 aromatic carbocycles. The van der Waals surface area contributed by atoms with Crippen LogP contribution in [0.5, 0.6) is 0 Å². The largest absolute Gasteiger partial charge is 0.394 e. The predicted octanol–water partition coefficient (Wildman–Crippen LogP) is 0.646. The summed E-state index contributed by atoms with van der Waals surface area (Å²) < 4.78 is 0. The van der Waals surface area contributed by atoms with Crippen LogP contribution < -0.4 is 10.6 Å². The van der Waals surface area contributed by atoms with Crippen molar-refractivity contribution >= 4 is 17.5 Å². The van der Waals surface area contributed by atoms with E-state index in [0.29, 0.717) is 5.71 Å². The Hall–Kier alpha value is -0.680. The van der Waals surface area contributed by atoms with Crippen molar-refractivity contribution in [3.8, 4) is 0 Å². The number of rotatable bonds is 4. The Morgan fingerprint density at radius 2 is 2.33 bits per heavy atom. The highest BCUT2D eigenvalue weighted by molar-refractivity contribution is 8.04. The molecular weight excluding hydrogens is 210 g/mol. The van der Waals surface area contributed by atoms with E-state index in [4.69, 9.17) is 5.41 Å². The quantitative estimate of drug-likeness (QED) is 0.569. The molecule has 0 unspecified atom stereocenters. The monoisotopic (exact) mass is 227 g/mol. The second-order valence-electron chi connectivity index (χ2n) is 4.09. The lowest BCUT2D eigenvalue weighted by Gasteiger charge is -2.20. The highest BCUT2D eigenvalue weighted by atomic mass is 32.2. The SMILES string of the molecule is CN/C(NC1(CO)CC1)=C1/SCCC1=N. The first-order chi connectivity index (χ1) is 7.21. The minimum absolute atomic E-state index is 0.116. The zero-order valence-electron chi connectivity index (χ0n) is 8.89. The van der Waals surface area contributed by atoms with Crippen LogP contribution in [0.3, 0.4) is 0 Å². The molecule has 0 aromatic heterocycles. The van der Waals surface area contributed by atoms with Gasteiger partial charge in [0.1, 0.15) is 5.82 Å². The van der Waals surface area contributed by atoms with Crippen molar-refractivity contribution < 1.29 is 5.11 Å². The van der Waals surface area contributed by atoms with Gasteiger partial charge in [-0.05, 0) is 19.3 Å². The van der Waals surface area contributed by atoms with E-state index in [1.54, 1.807) is 11.8 Å². The van der Waals surface area contributed by atoms with Crippen LogP contribution in [0.2, 0.25) is 0 Å². The Morgan fingerprint density at radius 1 is 1.60 bits per heavy atom. The molecule has 4 nitrogen and oxygen atoms in total. The lowest BCUT2D eigenvalue weighted by Crippen LogP contribution is -2.39. The third-order valence-electron chi connectivity index (χ3n) is 2.90. The van der Waals surface area contributed by atoms with Gasteiger partial charge in [-0.2, -0.15) is 0 Å². The third kappa shape index (κ3) is 2.13. The molecule has 1 aliphatic carbocycles. The van der Waals surface area contributed by atoms with Gasteiger partial charge >= 0.3 is 0 Å². The van der Waals surface area contributed by atoms with Crippen LogP contribution in [0.15, 0.2) is 10.7 Å². The van der Waals surface area contributed by atoms with E-state index in [-0.39, 0.29) is 12.1 Å². The van der Waals surface area contributed by atoms with E-state index >= 15 is 0 Å². The third-order valence-corrected chi connectivity index (χ3v) is 4.04. The van der Waals surface area contributed by atoms with Crippen molar-refractivity contribution in [2.75, 3.05) is 19.4 Å². The molecule has 0 bridgehead atoms. The minimum Gasteiger partial charge on any atom is -0.394 e. The zero-order valence-corrected chi connectivity index (χ0v) is 9.71. The van der Waals surface area contributed by atoms with E-state index in [1.807, 2.05) is 7.05 Å². The highest BCUT2D eigenvalue weighted by Gasteiger charge is 2.43. The van der Waals surface area contributed by atoms with E-state index in [9.17, 15) is 5.11 Å². The van der Waals surface area contributed by atoms with E-state index in [2.05, 4.69) is 10.6 Å². The summed E-state index contributed by atoms with van der Waals surface area (Å²) in [6.07, 6.45) is 2.87. The van der Waals surface area contributed by atoms with Crippen LogP contribution in [0, 0.1) is 5.41 Å². The van der Waals surface area contributed by atoms with Crippen LogP contribution in [0.1, 0.15) is 19.3 Å². The number of allylic oxidation sites excluding steroid dienone is 1. The van der Waals surface area contributed by atoms with Crippen LogP contribution in [0.4, 0.5) is 0 Å². The predicted molar refractivity (Wildman–Crippen MR) is 63.1 cm³/mol. The van der Waals surface area contributed by atoms with Gasteiger partial charge in [0.15, 0.2) is 0 Å². The van der Waals surface area contributed by atoms with Crippen molar-refractivity contribution in [2.24, 2.45) is 0 Å². The highest BCUT2D eigenvalue weighted by Crippen LogP contribution is 2.37. The Balaban J connectivity index is 2.13. The van der Waals surface area contributed by atoms with Gasteiger partial charge in [-0.1, -0.05) is 0 Å². The second-order valence-corrected chi connectivity index (χ2v) is 5.20. The van der Waals surface area contributed by atoms with Crippen LogP contribution in [0.25, 0.3) is 0 Å². The summed E-state index contributed by atoms with van der Waals surface area (Å²) >= 11 is 1.71. The normalized spacial score (nSPS) is 26.4. The molecule has 0 spiro atoms. The molecule has 2 aliphatic rings. The van der Waals surface area contributed by atoms with Gasteiger partial charge in [0, 0.05) is 18.5 Å². The number of aliphatic hydroxyl groups is 1. The summed E-state index contributed by atoms with van der Waals surface area (Å²) in [5, 5.41) is 23.5. The van der Waals surface area contributed by atoms with Crippen molar-refractivity contribution in [3.63, 3.8) is 0 Å². The molecule has 0 atom stereocenters. The molecule has 1 heterocycles. The summed E-state index contributed by atoms with van der Waals surface area (Å²) in [6, 6.07) is 0. The molecule has 0 radical (unpaired) electrons. The molecule has 1 aliphatic heterocycles. The Bertz CT molecular complexity index is 310. The number of thioether (sulfide) groups is 1. The molecule has 0 amide bonds. The second kappa shape index (κ2) is 4.06. The molecule has 84 valence electrons. The number of nitrogens with one attached hydrogen (secondary N) is 3. The lowest BCUT2D eigenvalue weighted by molar-refractivity contribution is 0.237. The molecule has 0 aromatic rings. The molecule has 15 heavy (non-hydrogen) atoms. The van der Waals surface area contributed by atoms with Crippen molar-refractivity contribution in [3.05, 3.63) is 10.7 Å². The summed E-state index contributed by atoms with van der Waals surface area (Å²) in [7, 11) is 1.86. The van der Waals surface area contributed by atoms with E-state index < -0.39 is 0 Å². The van der Waals surface area contributed by atoms with Gasteiger partial charge < -0.3 is 21.1 Å².